The van der Waals surface area contributed by atoms with Gasteiger partial charge in [-0.25, -0.2) is 0 Å². The van der Waals surface area contributed by atoms with Crippen molar-refractivity contribution in [3.05, 3.63) is 0 Å². The Morgan fingerprint density at radius 2 is 0.759 bits per heavy atom. The minimum atomic E-state index is -0.0447. The van der Waals surface area contributed by atoms with Crippen molar-refractivity contribution in [3.63, 3.8) is 0 Å². The van der Waals surface area contributed by atoms with Gasteiger partial charge in [-0.1, -0.05) is 182 Å². The van der Waals surface area contributed by atoms with E-state index in [0.29, 0.717) is 50.5 Å². The van der Waals surface area contributed by atoms with E-state index in [1.54, 1.807) is 0 Å². The summed E-state index contributed by atoms with van der Waals surface area (Å²) in [6.45, 7) is 12.9. The van der Waals surface area contributed by atoms with Crippen molar-refractivity contribution in [3.8, 4) is 0 Å². The van der Waals surface area contributed by atoms with Crippen LogP contribution in [-0.2, 0) is 28.6 Å². The Kier molecular flexibility index (Phi) is 40.9. The molecule has 1 atom stereocenters. The van der Waals surface area contributed by atoms with E-state index in [1.807, 2.05) is 0 Å². The lowest BCUT2D eigenvalue weighted by Gasteiger charge is -2.20. The van der Waals surface area contributed by atoms with Gasteiger partial charge < -0.3 is 19.1 Å². The molecule has 0 radical (unpaired) electrons. The van der Waals surface area contributed by atoms with Crippen LogP contribution < -0.4 is 0 Å². The fourth-order valence-electron chi connectivity index (χ4n) is 8.11. The summed E-state index contributed by atoms with van der Waals surface area (Å²) < 4.78 is 17.1. The quantitative estimate of drug-likeness (QED) is 0.0344. The van der Waals surface area contributed by atoms with Crippen LogP contribution in [0.4, 0.5) is 0 Å². The van der Waals surface area contributed by atoms with Crippen LogP contribution in [-0.4, -0.2) is 62.8 Å². The average Bonchev–Trinajstić information content (AvgIpc) is 3.20. The fraction of sp³-hybridized carbons (Fsp3) is 0.941. The number of carbonyl (C=O) groups excluding carboxylic acids is 3. The Labute approximate surface area is 361 Å². The zero-order valence-corrected chi connectivity index (χ0v) is 39.9. The lowest BCUT2D eigenvalue weighted by Crippen LogP contribution is -2.25. The molecule has 0 spiro atoms. The molecule has 0 saturated heterocycles. The molecular weight excluding hydrogens is 723 g/mol. The van der Waals surface area contributed by atoms with Crippen molar-refractivity contribution < 1.29 is 28.6 Å². The highest BCUT2D eigenvalue weighted by molar-refractivity contribution is 5.72. The normalized spacial score (nSPS) is 12.3. The van der Waals surface area contributed by atoms with E-state index in [0.717, 1.165) is 103 Å². The van der Waals surface area contributed by atoms with E-state index >= 15 is 0 Å². The van der Waals surface area contributed by atoms with Gasteiger partial charge >= 0.3 is 17.9 Å². The summed E-state index contributed by atoms with van der Waals surface area (Å²) in [4.78, 5) is 40.2. The maximum Gasteiger partial charge on any atom is 0.308 e. The zero-order valence-electron chi connectivity index (χ0n) is 39.9. The summed E-state index contributed by atoms with van der Waals surface area (Å²) >= 11 is 0. The van der Waals surface area contributed by atoms with Gasteiger partial charge in [0.2, 0.25) is 0 Å². The van der Waals surface area contributed by atoms with Gasteiger partial charge in [-0.3, -0.25) is 14.4 Å². The third-order valence-corrected chi connectivity index (χ3v) is 12.5. The number of rotatable bonds is 44. The Bertz CT molecular complexity index is 849. The van der Waals surface area contributed by atoms with Gasteiger partial charge in [-0.05, 0) is 84.2 Å². The van der Waals surface area contributed by atoms with Gasteiger partial charge in [-0.15, -0.1) is 0 Å². The number of unbranched alkanes of at least 4 members (excludes halogenated alkanes) is 16. The molecular formula is C51H99NO6. The zero-order chi connectivity index (χ0) is 42.9. The fourth-order valence-corrected chi connectivity index (χ4v) is 8.11. The van der Waals surface area contributed by atoms with Gasteiger partial charge in [0.15, 0.2) is 0 Å². The molecule has 0 aromatic carbocycles. The molecule has 0 fully saturated rings. The molecule has 344 valence electrons. The highest BCUT2D eigenvalue weighted by Gasteiger charge is 2.20. The summed E-state index contributed by atoms with van der Waals surface area (Å²) in [5.41, 5.74) is 0. The van der Waals surface area contributed by atoms with E-state index in [9.17, 15) is 14.4 Å². The van der Waals surface area contributed by atoms with Gasteiger partial charge in [0, 0.05) is 18.9 Å². The summed E-state index contributed by atoms with van der Waals surface area (Å²) in [6.07, 6.45) is 37.3. The first kappa shape index (κ1) is 56.4. The minimum Gasteiger partial charge on any atom is -0.466 e. The van der Waals surface area contributed by atoms with Crippen LogP contribution in [0.15, 0.2) is 0 Å². The topological polar surface area (TPSA) is 82.1 Å². The van der Waals surface area contributed by atoms with Crippen LogP contribution in [0.2, 0.25) is 0 Å². The van der Waals surface area contributed by atoms with E-state index in [4.69, 9.17) is 14.2 Å². The van der Waals surface area contributed by atoms with Crippen molar-refractivity contribution >= 4 is 17.9 Å². The number of ether oxygens (including phenoxy) is 3. The third-order valence-electron chi connectivity index (χ3n) is 12.5. The second kappa shape index (κ2) is 42.1. The second-order valence-electron chi connectivity index (χ2n) is 18.2. The van der Waals surface area contributed by atoms with E-state index in [-0.39, 0.29) is 23.8 Å². The first-order valence-electron chi connectivity index (χ1n) is 25.3. The largest absolute Gasteiger partial charge is 0.466 e. The molecule has 7 nitrogen and oxygen atoms in total. The number of hydrogen-bond donors (Lipinski definition) is 0. The van der Waals surface area contributed by atoms with E-state index < -0.39 is 0 Å². The van der Waals surface area contributed by atoms with Gasteiger partial charge in [0.1, 0.15) is 0 Å². The molecule has 58 heavy (non-hydrogen) atoms. The molecule has 0 aliphatic rings. The monoisotopic (exact) mass is 822 g/mol. The Morgan fingerprint density at radius 1 is 0.397 bits per heavy atom. The van der Waals surface area contributed by atoms with Crippen molar-refractivity contribution in [2.45, 2.75) is 259 Å². The number of hydrogen-bond acceptors (Lipinski definition) is 7. The number of nitrogens with zero attached hydrogens (tertiary/aromatic N) is 1. The molecule has 0 aliphatic heterocycles. The number of carbonyl (C=O) groups is 3. The highest BCUT2D eigenvalue weighted by Crippen LogP contribution is 2.24. The second-order valence-corrected chi connectivity index (χ2v) is 18.2. The highest BCUT2D eigenvalue weighted by atomic mass is 16.5. The van der Waals surface area contributed by atoms with Crippen molar-refractivity contribution in [1.29, 1.82) is 0 Å². The van der Waals surface area contributed by atoms with Crippen LogP contribution in [0.5, 0.6) is 0 Å². The average molecular weight is 822 g/mol. The summed E-state index contributed by atoms with van der Waals surface area (Å²) in [5, 5.41) is 0. The molecule has 1 unspecified atom stereocenters. The van der Waals surface area contributed by atoms with Gasteiger partial charge in [0.25, 0.3) is 0 Å². The molecule has 0 rings (SSSR count). The molecule has 0 amide bonds. The van der Waals surface area contributed by atoms with Crippen molar-refractivity contribution in [2.75, 3.05) is 33.9 Å². The Morgan fingerprint density at radius 3 is 1.14 bits per heavy atom. The Hall–Kier alpha value is -1.63. The third kappa shape index (κ3) is 36.2. The van der Waals surface area contributed by atoms with Crippen LogP contribution in [0.3, 0.4) is 0 Å². The van der Waals surface area contributed by atoms with Crippen LogP contribution >= 0.6 is 0 Å². The lowest BCUT2D eigenvalue weighted by molar-refractivity contribution is -0.149. The molecule has 0 N–H and O–H groups in total. The van der Waals surface area contributed by atoms with Crippen molar-refractivity contribution in [2.24, 2.45) is 17.8 Å². The molecule has 0 heterocycles. The first-order valence-corrected chi connectivity index (χ1v) is 25.3. The van der Waals surface area contributed by atoms with Crippen LogP contribution in [0.1, 0.15) is 253 Å². The summed E-state index contributed by atoms with van der Waals surface area (Å²) in [6, 6.07) is 0.471. The maximum atomic E-state index is 13.2. The molecule has 0 saturated carbocycles. The van der Waals surface area contributed by atoms with Crippen molar-refractivity contribution in [1.82, 2.24) is 4.90 Å². The minimum absolute atomic E-state index is 0.0288. The lowest BCUT2D eigenvalue weighted by atomic mass is 9.92. The SMILES string of the molecule is CCCCCC(CCCCC)CCOC(=O)CCCCCCCC(CCCCCCCC(=O)OCCC(CCCCC)CCCCC)C(=O)OCCCC(C)N(C)C. The predicted molar refractivity (Wildman–Crippen MR) is 246 cm³/mol. The molecule has 0 aliphatic carbocycles. The molecule has 7 heteroatoms. The smallest absolute Gasteiger partial charge is 0.308 e. The van der Waals surface area contributed by atoms with Gasteiger partial charge in [0.05, 0.1) is 25.7 Å². The van der Waals surface area contributed by atoms with Crippen LogP contribution in [0.25, 0.3) is 0 Å². The van der Waals surface area contributed by atoms with E-state index in [2.05, 4.69) is 53.6 Å². The van der Waals surface area contributed by atoms with Gasteiger partial charge in [-0.2, -0.15) is 0 Å². The Balaban J connectivity index is 4.47. The summed E-state index contributed by atoms with van der Waals surface area (Å²) in [7, 11) is 4.18. The standard InChI is InChI=1S/C51H99NO6/c1-8-12-22-32-46(33-23-13-9-2)40-43-56-49(53)38-28-20-16-18-26-36-48(51(55)58-42-30-31-45(5)52(6)7)37-27-19-17-21-29-39-50(54)57-44-41-47(34-24-14-10-3)35-25-15-11-4/h45-48H,8-44H2,1-7H3. The maximum absolute atomic E-state index is 13.2. The molecule has 0 bridgehead atoms. The first-order chi connectivity index (χ1) is 28.2. The van der Waals surface area contributed by atoms with Crippen LogP contribution in [0, 0.1) is 17.8 Å². The molecule has 0 aromatic heterocycles. The van der Waals surface area contributed by atoms with E-state index in [1.165, 1.54) is 103 Å². The number of esters is 3. The summed E-state index contributed by atoms with van der Waals surface area (Å²) in [5.74, 6) is 1.22. The molecule has 0 aromatic rings. The predicted octanol–water partition coefficient (Wildman–Crippen LogP) is 14.8.